The molecule has 0 bridgehead atoms. The van der Waals surface area contributed by atoms with Gasteiger partial charge < -0.3 is 9.84 Å². The molecule has 11 heteroatoms. The minimum Gasteiger partial charge on any atom is -0.502 e. The summed E-state index contributed by atoms with van der Waals surface area (Å²) >= 11 is 0. The standard InChI is InChI=1S/C12H10F3N3O5/c1-2-23-11(20)9(10(19)12(13,14)15)17-16-7-5-3-4-6-8(7)18(21)22/h3-6,19H,2H2,1H3. The Balaban J connectivity index is 3.32. The van der Waals surface area contributed by atoms with Gasteiger partial charge in [-0.1, -0.05) is 12.1 Å². The molecule has 124 valence electrons. The number of para-hydroxylation sites is 1. The van der Waals surface area contributed by atoms with Crippen LogP contribution >= 0.6 is 0 Å². The number of nitro benzene ring substituents is 1. The van der Waals surface area contributed by atoms with Crippen LogP contribution in [0.3, 0.4) is 0 Å². The molecule has 0 aliphatic carbocycles. The van der Waals surface area contributed by atoms with E-state index in [9.17, 15) is 28.1 Å². The van der Waals surface area contributed by atoms with Crippen molar-refractivity contribution < 1.29 is 32.7 Å². The van der Waals surface area contributed by atoms with Crippen LogP contribution in [0, 0.1) is 10.1 Å². The Hall–Kier alpha value is -2.98. The summed E-state index contributed by atoms with van der Waals surface area (Å²) in [6.45, 7) is 1.06. The zero-order valence-corrected chi connectivity index (χ0v) is 11.6. The highest BCUT2D eigenvalue weighted by molar-refractivity contribution is 5.88. The first-order chi connectivity index (χ1) is 10.7. The summed E-state index contributed by atoms with van der Waals surface area (Å²) in [5.41, 5.74) is -2.43. The second kappa shape index (κ2) is 7.33. The average molecular weight is 333 g/mol. The van der Waals surface area contributed by atoms with E-state index >= 15 is 0 Å². The molecule has 1 N–H and O–H groups in total. The fourth-order valence-corrected chi connectivity index (χ4v) is 1.33. The Morgan fingerprint density at radius 2 is 2.00 bits per heavy atom. The third kappa shape index (κ3) is 4.76. The van der Waals surface area contributed by atoms with Crippen molar-refractivity contribution in [2.24, 2.45) is 10.2 Å². The number of aliphatic hydroxyl groups excluding tert-OH is 1. The molecule has 0 atom stereocenters. The SMILES string of the molecule is CCOC(=O)C(N=Nc1ccccc1[N+](=O)[O-])=C(O)C(F)(F)F. The van der Waals surface area contributed by atoms with Gasteiger partial charge in [0, 0.05) is 6.07 Å². The fourth-order valence-electron chi connectivity index (χ4n) is 1.33. The van der Waals surface area contributed by atoms with Crippen LogP contribution in [0.25, 0.3) is 0 Å². The molecule has 0 fully saturated rings. The molecule has 0 saturated heterocycles. The highest BCUT2D eigenvalue weighted by Crippen LogP contribution is 2.30. The van der Waals surface area contributed by atoms with Crippen LogP contribution in [0.1, 0.15) is 6.92 Å². The van der Waals surface area contributed by atoms with Gasteiger partial charge in [0.15, 0.2) is 5.69 Å². The summed E-state index contributed by atoms with van der Waals surface area (Å²) < 4.78 is 41.9. The molecule has 1 aromatic rings. The Kier molecular flexibility index (Phi) is 5.76. The summed E-state index contributed by atoms with van der Waals surface area (Å²) in [6.07, 6.45) is -5.26. The minimum absolute atomic E-state index is 0.269. The van der Waals surface area contributed by atoms with Gasteiger partial charge in [0.05, 0.1) is 11.5 Å². The average Bonchev–Trinajstić information content (AvgIpc) is 2.46. The summed E-state index contributed by atoms with van der Waals surface area (Å²) in [5, 5.41) is 26.0. The summed E-state index contributed by atoms with van der Waals surface area (Å²) in [5.74, 6) is -3.87. The number of benzene rings is 1. The van der Waals surface area contributed by atoms with Gasteiger partial charge in [-0.2, -0.15) is 13.2 Å². The lowest BCUT2D eigenvalue weighted by molar-refractivity contribution is -0.384. The maximum atomic E-state index is 12.5. The second-order valence-corrected chi connectivity index (χ2v) is 3.86. The molecule has 23 heavy (non-hydrogen) atoms. The molecule has 0 saturated carbocycles. The van der Waals surface area contributed by atoms with E-state index in [1.807, 2.05) is 0 Å². The van der Waals surface area contributed by atoms with Crippen LogP contribution in [-0.4, -0.2) is 28.8 Å². The largest absolute Gasteiger partial charge is 0.502 e. The highest BCUT2D eigenvalue weighted by Gasteiger charge is 2.39. The molecule has 0 unspecified atom stereocenters. The zero-order valence-electron chi connectivity index (χ0n) is 11.6. The maximum Gasteiger partial charge on any atom is 0.451 e. The zero-order chi connectivity index (χ0) is 17.6. The van der Waals surface area contributed by atoms with Gasteiger partial charge in [-0.15, -0.1) is 10.2 Å². The fraction of sp³-hybridized carbons (Fsp3) is 0.250. The minimum atomic E-state index is -5.26. The number of esters is 1. The van der Waals surface area contributed by atoms with Crippen molar-refractivity contribution in [3.05, 3.63) is 45.8 Å². The molecule has 0 radical (unpaired) electrons. The number of carbonyl (C=O) groups excluding carboxylic acids is 1. The Bertz CT molecular complexity index is 670. The van der Waals surface area contributed by atoms with Gasteiger partial charge in [-0.25, -0.2) is 4.79 Å². The van der Waals surface area contributed by atoms with Crippen molar-refractivity contribution in [3.63, 3.8) is 0 Å². The number of nitrogens with zero attached hydrogens (tertiary/aromatic N) is 3. The Morgan fingerprint density at radius 3 is 2.52 bits per heavy atom. The third-order valence-electron chi connectivity index (χ3n) is 2.30. The van der Waals surface area contributed by atoms with Crippen molar-refractivity contribution in [2.75, 3.05) is 6.61 Å². The van der Waals surface area contributed by atoms with Crippen LogP contribution in [0.15, 0.2) is 46.0 Å². The van der Waals surface area contributed by atoms with Crippen LogP contribution in [-0.2, 0) is 9.53 Å². The van der Waals surface area contributed by atoms with Crippen LogP contribution in [0.5, 0.6) is 0 Å². The summed E-state index contributed by atoms with van der Waals surface area (Å²) in [4.78, 5) is 21.4. The molecule has 0 amide bonds. The molecular weight excluding hydrogens is 323 g/mol. The quantitative estimate of drug-likeness (QED) is 0.221. The molecular formula is C12H10F3N3O5. The first-order valence-electron chi connectivity index (χ1n) is 6.01. The first-order valence-corrected chi connectivity index (χ1v) is 6.01. The van der Waals surface area contributed by atoms with Crippen molar-refractivity contribution in [2.45, 2.75) is 13.1 Å². The van der Waals surface area contributed by atoms with Crippen molar-refractivity contribution in [3.8, 4) is 0 Å². The highest BCUT2D eigenvalue weighted by atomic mass is 19.4. The first kappa shape index (κ1) is 18.1. The van der Waals surface area contributed by atoms with Gasteiger partial charge in [0.1, 0.15) is 0 Å². The van der Waals surface area contributed by atoms with Crippen molar-refractivity contribution in [1.29, 1.82) is 0 Å². The Morgan fingerprint density at radius 1 is 1.39 bits per heavy atom. The predicted octanol–water partition coefficient (Wildman–Crippen LogP) is 3.57. The van der Waals surface area contributed by atoms with Gasteiger partial charge >= 0.3 is 12.1 Å². The molecule has 0 heterocycles. The number of hydrogen-bond acceptors (Lipinski definition) is 7. The molecule has 0 aliphatic rings. The predicted molar refractivity (Wildman–Crippen MR) is 70.0 cm³/mol. The number of ether oxygens (including phenoxy) is 1. The van der Waals surface area contributed by atoms with Gasteiger partial charge in [-0.3, -0.25) is 10.1 Å². The van der Waals surface area contributed by atoms with E-state index in [0.29, 0.717) is 0 Å². The summed E-state index contributed by atoms with van der Waals surface area (Å²) in [7, 11) is 0. The number of alkyl halides is 3. The molecule has 0 aliphatic heterocycles. The van der Waals surface area contributed by atoms with E-state index in [-0.39, 0.29) is 6.61 Å². The van der Waals surface area contributed by atoms with Gasteiger partial charge in [0.25, 0.3) is 5.69 Å². The monoisotopic (exact) mass is 333 g/mol. The van der Waals surface area contributed by atoms with E-state index < -0.39 is 39.9 Å². The van der Waals surface area contributed by atoms with E-state index in [0.717, 1.165) is 12.1 Å². The van der Waals surface area contributed by atoms with Crippen molar-refractivity contribution >= 4 is 17.3 Å². The smallest absolute Gasteiger partial charge is 0.451 e. The molecule has 1 aromatic carbocycles. The topological polar surface area (TPSA) is 114 Å². The summed E-state index contributed by atoms with van der Waals surface area (Å²) in [6, 6.07) is 4.80. The molecule has 0 spiro atoms. The number of azo groups is 1. The van der Waals surface area contributed by atoms with Crippen LogP contribution in [0.4, 0.5) is 24.5 Å². The number of aliphatic hydroxyl groups is 1. The van der Waals surface area contributed by atoms with Gasteiger partial charge in [-0.05, 0) is 13.0 Å². The lowest BCUT2D eigenvalue weighted by atomic mass is 10.3. The number of rotatable bonds is 5. The van der Waals surface area contributed by atoms with E-state index in [2.05, 4.69) is 15.0 Å². The van der Waals surface area contributed by atoms with Crippen molar-refractivity contribution in [1.82, 2.24) is 0 Å². The Labute approximate surface area is 127 Å². The lowest BCUT2D eigenvalue weighted by Crippen LogP contribution is -2.18. The normalized spacial score (nSPS) is 12.9. The second-order valence-electron chi connectivity index (χ2n) is 3.86. The van der Waals surface area contributed by atoms with Crippen LogP contribution in [0.2, 0.25) is 0 Å². The number of hydrogen-bond donors (Lipinski definition) is 1. The van der Waals surface area contributed by atoms with E-state index in [4.69, 9.17) is 5.11 Å². The molecule has 0 aromatic heterocycles. The molecule has 1 rings (SSSR count). The number of nitro groups is 1. The third-order valence-corrected chi connectivity index (χ3v) is 2.30. The van der Waals surface area contributed by atoms with Gasteiger partial charge in [0.2, 0.25) is 11.5 Å². The lowest BCUT2D eigenvalue weighted by Gasteiger charge is -2.08. The number of carbonyl (C=O) groups is 1. The number of halogens is 3. The maximum absolute atomic E-state index is 12.5. The van der Waals surface area contributed by atoms with Crippen LogP contribution < -0.4 is 0 Å². The molecule has 8 nitrogen and oxygen atoms in total. The van der Waals surface area contributed by atoms with E-state index in [1.54, 1.807) is 0 Å². The number of allylic oxidation sites excluding steroid dienone is 1. The van der Waals surface area contributed by atoms with E-state index in [1.165, 1.54) is 19.1 Å².